The number of hydrogen-bond acceptors (Lipinski definition) is 4. The van der Waals surface area contributed by atoms with Crippen molar-refractivity contribution in [3.63, 3.8) is 0 Å². The van der Waals surface area contributed by atoms with E-state index in [1.165, 1.54) is 0 Å². The van der Waals surface area contributed by atoms with Crippen LogP contribution in [0.5, 0.6) is 0 Å². The Morgan fingerprint density at radius 2 is 2.09 bits per heavy atom. The molecule has 0 saturated carbocycles. The summed E-state index contributed by atoms with van der Waals surface area (Å²) in [6.07, 6.45) is 1.56. The molecule has 22 heavy (non-hydrogen) atoms. The number of H-pyrrole nitrogens is 1. The van der Waals surface area contributed by atoms with Crippen LogP contribution in [0, 0.1) is 0 Å². The van der Waals surface area contributed by atoms with E-state index in [0.29, 0.717) is 12.2 Å². The molecule has 0 spiro atoms. The van der Waals surface area contributed by atoms with Crippen LogP contribution < -0.4 is 10.2 Å². The molecular weight excluding hydrogens is 278 g/mol. The van der Waals surface area contributed by atoms with Crippen LogP contribution in [0.1, 0.15) is 16.1 Å². The summed E-state index contributed by atoms with van der Waals surface area (Å²) in [5.41, 5.74) is 2.40. The lowest BCUT2D eigenvalue weighted by molar-refractivity contribution is 0.0946. The van der Waals surface area contributed by atoms with Gasteiger partial charge in [-0.05, 0) is 23.8 Å². The predicted molar refractivity (Wildman–Crippen MR) is 85.8 cm³/mol. The Kier molecular flexibility index (Phi) is 3.74. The van der Waals surface area contributed by atoms with Crippen LogP contribution in [0.25, 0.3) is 10.9 Å². The molecule has 1 aromatic carbocycles. The van der Waals surface area contributed by atoms with Crippen molar-refractivity contribution in [1.29, 1.82) is 0 Å². The van der Waals surface area contributed by atoms with Gasteiger partial charge in [-0.1, -0.05) is 18.2 Å². The van der Waals surface area contributed by atoms with Gasteiger partial charge in [0.1, 0.15) is 11.5 Å². The van der Waals surface area contributed by atoms with Gasteiger partial charge in [-0.2, -0.15) is 5.10 Å². The maximum absolute atomic E-state index is 12.0. The van der Waals surface area contributed by atoms with Gasteiger partial charge in [-0.25, -0.2) is 4.98 Å². The topological polar surface area (TPSA) is 73.9 Å². The number of fused-ring (bicyclic) bond motifs is 1. The Morgan fingerprint density at radius 3 is 2.82 bits per heavy atom. The number of rotatable bonds is 4. The first-order chi connectivity index (χ1) is 10.6. The van der Waals surface area contributed by atoms with Gasteiger partial charge in [0.05, 0.1) is 5.52 Å². The van der Waals surface area contributed by atoms with E-state index in [1.54, 1.807) is 12.3 Å². The minimum atomic E-state index is -0.176. The summed E-state index contributed by atoms with van der Waals surface area (Å²) < 4.78 is 0. The second-order valence-corrected chi connectivity index (χ2v) is 5.20. The first kappa shape index (κ1) is 14.1. The monoisotopic (exact) mass is 295 g/mol. The molecule has 1 amide bonds. The minimum absolute atomic E-state index is 0.176. The number of pyridine rings is 1. The Labute approximate surface area is 128 Å². The quantitative estimate of drug-likeness (QED) is 0.771. The Bertz CT molecular complexity index is 795. The molecule has 6 nitrogen and oxygen atoms in total. The molecule has 0 saturated heterocycles. The van der Waals surface area contributed by atoms with E-state index in [1.807, 2.05) is 49.3 Å². The molecule has 0 aliphatic rings. The molecule has 0 radical (unpaired) electrons. The number of anilines is 1. The van der Waals surface area contributed by atoms with Crippen molar-refractivity contribution >= 4 is 22.6 Å². The van der Waals surface area contributed by atoms with Crippen molar-refractivity contribution in [2.24, 2.45) is 0 Å². The summed E-state index contributed by atoms with van der Waals surface area (Å²) in [4.78, 5) is 18.6. The highest BCUT2D eigenvalue weighted by molar-refractivity contribution is 5.92. The van der Waals surface area contributed by atoms with Gasteiger partial charge in [-0.3, -0.25) is 9.89 Å². The Morgan fingerprint density at radius 1 is 1.27 bits per heavy atom. The average molecular weight is 295 g/mol. The molecule has 6 heteroatoms. The predicted octanol–water partition coefficient (Wildman–Crippen LogP) is 1.95. The van der Waals surface area contributed by atoms with Gasteiger partial charge < -0.3 is 10.2 Å². The summed E-state index contributed by atoms with van der Waals surface area (Å²) in [6.45, 7) is 0.432. The van der Waals surface area contributed by atoms with Crippen LogP contribution in [0.3, 0.4) is 0 Å². The molecule has 0 fully saturated rings. The maximum atomic E-state index is 12.0. The van der Waals surface area contributed by atoms with E-state index in [4.69, 9.17) is 0 Å². The molecule has 112 valence electrons. The lowest BCUT2D eigenvalue weighted by atomic mass is 10.1. The molecule has 0 unspecified atom stereocenters. The summed E-state index contributed by atoms with van der Waals surface area (Å²) >= 11 is 0. The summed E-state index contributed by atoms with van der Waals surface area (Å²) in [6, 6.07) is 11.6. The first-order valence-electron chi connectivity index (χ1n) is 6.98. The maximum Gasteiger partial charge on any atom is 0.269 e. The average Bonchev–Trinajstić information content (AvgIpc) is 3.06. The molecule has 2 N–H and O–H groups in total. The first-order valence-corrected chi connectivity index (χ1v) is 6.98. The zero-order valence-corrected chi connectivity index (χ0v) is 12.5. The van der Waals surface area contributed by atoms with Gasteiger partial charge in [0, 0.05) is 32.2 Å². The number of nitrogens with one attached hydrogen (secondary N) is 2. The number of aromatic nitrogens is 3. The van der Waals surface area contributed by atoms with Crippen LogP contribution >= 0.6 is 0 Å². The molecular formula is C16H17N5O. The van der Waals surface area contributed by atoms with Crippen molar-refractivity contribution < 1.29 is 4.79 Å². The molecule has 0 aliphatic carbocycles. The van der Waals surface area contributed by atoms with Crippen molar-refractivity contribution in [1.82, 2.24) is 20.5 Å². The molecule has 3 rings (SSSR count). The van der Waals surface area contributed by atoms with E-state index in [0.717, 1.165) is 22.3 Å². The second kappa shape index (κ2) is 5.85. The van der Waals surface area contributed by atoms with E-state index in [9.17, 15) is 4.79 Å². The minimum Gasteiger partial charge on any atom is -0.363 e. The lowest BCUT2D eigenvalue weighted by Crippen LogP contribution is -2.23. The normalized spacial score (nSPS) is 10.6. The van der Waals surface area contributed by atoms with E-state index in [2.05, 4.69) is 20.5 Å². The number of carbonyl (C=O) groups is 1. The molecule has 2 heterocycles. The Hall–Kier alpha value is -2.89. The van der Waals surface area contributed by atoms with Crippen molar-refractivity contribution in [3.8, 4) is 0 Å². The second-order valence-electron chi connectivity index (χ2n) is 5.20. The molecule has 2 aromatic heterocycles. The standard InChI is InChI=1S/C16H17N5O/c1-21(2)15-9-11(12-5-3-4-6-13(12)19-15)10-17-16(22)14-7-8-18-20-14/h3-9H,10H2,1-2H3,(H,17,22)(H,18,20). The van der Waals surface area contributed by atoms with Gasteiger partial charge in [0.2, 0.25) is 0 Å². The third-order valence-electron chi connectivity index (χ3n) is 3.43. The fourth-order valence-corrected chi connectivity index (χ4v) is 2.26. The van der Waals surface area contributed by atoms with Crippen molar-refractivity contribution in [3.05, 3.63) is 53.9 Å². The van der Waals surface area contributed by atoms with Crippen LogP contribution in [-0.4, -0.2) is 35.2 Å². The highest BCUT2D eigenvalue weighted by Gasteiger charge is 2.10. The van der Waals surface area contributed by atoms with Gasteiger partial charge in [0.15, 0.2) is 0 Å². The third kappa shape index (κ3) is 2.76. The largest absolute Gasteiger partial charge is 0.363 e. The van der Waals surface area contributed by atoms with E-state index < -0.39 is 0 Å². The summed E-state index contributed by atoms with van der Waals surface area (Å²) in [7, 11) is 3.90. The third-order valence-corrected chi connectivity index (χ3v) is 3.43. The number of amides is 1. The van der Waals surface area contributed by atoms with Crippen molar-refractivity contribution in [2.45, 2.75) is 6.54 Å². The fourth-order valence-electron chi connectivity index (χ4n) is 2.26. The molecule has 0 bridgehead atoms. The van der Waals surface area contributed by atoms with Gasteiger partial charge in [-0.15, -0.1) is 0 Å². The number of aromatic amines is 1. The lowest BCUT2D eigenvalue weighted by Gasteiger charge is -2.15. The highest BCUT2D eigenvalue weighted by atomic mass is 16.1. The number of nitrogens with zero attached hydrogens (tertiary/aromatic N) is 3. The van der Waals surface area contributed by atoms with E-state index in [-0.39, 0.29) is 5.91 Å². The SMILES string of the molecule is CN(C)c1cc(CNC(=O)c2ccn[nH]2)c2ccccc2n1. The number of hydrogen-bond donors (Lipinski definition) is 2. The van der Waals surface area contributed by atoms with Crippen LogP contribution in [0.2, 0.25) is 0 Å². The zero-order valence-electron chi connectivity index (χ0n) is 12.5. The van der Waals surface area contributed by atoms with Gasteiger partial charge >= 0.3 is 0 Å². The molecule has 3 aromatic rings. The highest BCUT2D eigenvalue weighted by Crippen LogP contribution is 2.22. The van der Waals surface area contributed by atoms with Crippen molar-refractivity contribution in [2.75, 3.05) is 19.0 Å². The summed E-state index contributed by atoms with van der Waals surface area (Å²) in [5.74, 6) is 0.689. The fraction of sp³-hybridized carbons (Fsp3) is 0.188. The van der Waals surface area contributed by atoms with Crippen LogP contribution in [-0.2, 0) is 6.54 Å². The zero-order chi connectivity index (χ0) is 15.5. The smallest absolute Gasteiger partial charge is 0.269 e. The molecule has 0 aliphatic heterocycles. The van der Waals surface area contributed by atoms with E-state index >= 15 is 0 Å². The number of benzene rings is 1. The van der Waals surface area contributed by atoms with Gasteiger partial charge in [0.25, 0.3) is 5.91 Å². The molecule has 0 atom stereocenters. The number of carbonyl (C=O) groups excluding carboxylic acids is 1. The number of para-hydroxylation sites is 1. The Balaban J connectivity index is 1.90. The summed E-state index contributed by atoms with van der Waals surface area (Å²) in [5, 5.41) is 10.4. The van der Waals surface area contributed by atoms with Crippen LogP contribution in [0.4, 0.5) is 5.82 Å². The van der Waals surface area contributed by atoms with Crippen LogP contribution in [0.15, 0.2) is 42.6 Å².